The van der Waals surface area contributed by atoms with Crippen molar-refractivity contribution in [1.29, 1.82) is 0 Å². The van der Waals surface area contributed by atoms with E-state index in [0.717, 1.165) is 18.4 Å². The van der Waals surface area contributed by atoms with E-state index in [4.69, 9.17) is 5.73 Å². The largest absolute Gasteiger partial charge is 0.329 e. The molecule has 0 saturated heterocycles. The second kappa shape index (κ2) is 5.71. The summed E-state index contributed by atoms with van der Waals surface area (Å²) in [7, 11) is 2.28. The second-order valence-electron chi connectivity index (χ2n) is 6.69. The van der Waals surface area contributed by atoms with Crippen LogP contribution in [0.15, 0.2) is 0 Å². The highest BCUT2D eigenvalue weighted by Crippen LogP contribution is 2.41. The van der Waals surface area contributed by atoms with Gasteiger partial charge in [-0.05, 0) is 44.6 Å². The lowest BCUT2D eigenvalue weighted by molar-refractivity contribution is -0.0203. The molecule has 4 unspecified atom stereocenters. The van der Waals surface area contributed by atoms with Crippen molar-refractivity contribution in [3.63, 3.8) is 0 Å². The Morgan fingerprint density at radius 1 is 1.24 bits per heavy atom. The van der Waals surface area contributed by atoms with Gasteiger partial charge in [0.05, 0.1) is 0 Å². The van der Waals surface area contributed by atoms with Crippen LogP contribution in [0.3, 0.4) is 0 Å². The third-order valence-corrected chi connectivity index (χ3v) is 5.34. The first-order valence-electron chi connectivity index (χ1n) is 7.28. The molecule has 0 aromatic rings. The molecule has 0 aliphatic heterocycles. The Kier molecular flexibility index (Phi) is 5.03. The van der Waals surface area contributed by atoms with Crippen molar-refractivity contribution < 1.29 is 0 Å². The van der Waals surface area contributed by atoms with Crippen LogP contribution in [0.25, 0.3) is 0 Å². The van der Waals surface area contributed by atoms with Crippen molar-refractivity contribution in [1.82, 2.24) is 4.90 Å². The standard InChI is InChI=1S/C15H32N2/c1-11(2)14(5)17(6)15(10-16)9-12(3)7-8-13(15)4/h11-14H,7-10,16H2,1-6H3. The Bertz CT molecular complexity index is 239. The summed E-state index contributed by atoms with van der Waals surface area (Å²) in [4.78, 5) is 2.58. The van der Waals surface area contributed by atoms with Gasteiger partial charge >= 0.3 is 0 Å². The van der Waals surface area contributed by atoms with Gasteiger partial charge in [-0.3, -0.25) is 4.90 Å². The number of nitrogens with zero attached hydrogens (tertiary/aromatic N) is 1. The van der Waals surface area contributed by atoms with E-state index in [9.17, 15) is 0 Å². The molecule has 1 rings (SSSR count). The molecule has 0 amide bonds. The summed E-state index contributed by atoms with van der Waals surface area (Å²) >= 11 is 0. The van der Waals surface area contributed by atoms with E-state index in [1.54, 1.807) is 0 Å². The summed E-state index contributed by atoms with van der Waals surface area (Å²) in [6.45, 7) is 12.5. The maximum Gasteiger partial charge on any atom is 0.0359 e. The van der Waals surface area contributed by atoms with Crippen LogP contribution >= 0.6 is 0 Å². The van der Waals surface area contributed by atoms with Crippen molar-refractivity contribution in [3.8, 4) is 0 Å². The molecule has 2 N–H and O–H groups in total. The van der Waals surface area contributed by atoms with Gasteiger partial charge in [-0.1, -0.05) is 34.1 Å². The Morgan fingerprint density at radius 2 is 1.82 bits per heavy atom. The normalized spacial score (nSPS) is 36.5. The molecule has 0 spiro atoms. The van der Waals surface area contributed by atoms with E-state index in [-0.39, 0.29) is 5.54 Å². The summed E-state index contributed by atoms with van der Waals surface area (Å²) in [5.74, 6) is 2.22. The van der Waals surface area contributed by atoms with Crippen molar-refractivity contribution in [3.05, 3.63) is 0 Å². The van der Waals surface area contributed by atoms with Crippen molar-refractivity contribution >= 4 is 0 Å². The van der Waals surface area contributed by atoms with E-state index in [2.05, 4.69) is 46.6 Å². The minimum Gasteiger partial charge on any atom is -0.329 e. The minimum atomic E-state index is 0.224. The van der Waals surface area contributed by atoms with Crippen LogP contribution in [0.4, 0.5) is 0 Å². The number of hydrogen-bond donors (Lipinski definition) is 1. The van der Waals surface area contributed by atoms with Gasteiger partial charge in [-0.15, -0.1) is 0 Å². The first kappa shape index (κ1) is 15.0. The fourth-order valence-corrected chi connectivity index (χ4v) is 3.48. The van der Waals surface area contributed by atoms with Crippen molar-refractivity contribution in [2.75, 3.05) is 13.6 Å². The predicted octanol–water partition coefficient (Wildman–Crippen LogP) is 3.12. The maximum absolute atomic E-state index is 6.19. The van der Waals surface area contributed by atoms with Gasteiger partial charge in [0.25, 0.3) is 0 Å². The van der Waals surface area contributed by atoms with E-state index in [1.807, 2.05) is 0 Å². The third-order valence-electron chi connectivity index (χ3n) is 5.34. The van der Waals surface area contributed by atoms with E-state index >= 15 is 0 Å². The molecule has 0 radical (unpaired) electrons. The molecular formula is C15H32N2. The Morgan fingerprint density at radius 3 is 2.29 bits per heavy atom. The van der Waals surface area contributed by atoms with Crippen molar-refractivity contribution in [2.45, 2.75) is 65.5 Å². The van der Waals surface area contributed by atoms with Crippen LogP contribution in [0.2, 0.25) is 0 Å². The highest BCUT2D eigenvalue weighted by Gasteiger charge is 2.44. The maximum atomic E-state index is 6.19. The number of likely N-dealkylation sites (N-methyl/N-ethyl adjacent to an activating group) is 1. The zero-order valence-electron chi connectivity index (χ0n) is 12.7. The average molecular weight is 240 g/mol. The molecule has 1 aliphatic carbocycles. The van der Waals surface area contributed by atoms with Gasteiger partial charge in [0, 0.05) is 18.1 Å². The van der Waals surface area contributed by atoms with E-state index < -0.39 is 0 Å². The molecule has 1 fully saturated rings. The lowest BCUT2D eigenvalue weighted by atomic mass is 9.68. The highest BCUT2D eigenvalue weighted by molar-refractivity contribution is 5.00. The molecule has 102 valence electrons. The van der Waals surface area contributed by atoms with Crippen molar-refractivity contribution in [2.24, 2.45) is 23.5 Å². The smallest absolute Gasteiger partial charge is 0.0359 e. The number of rotatable bonds is 4. The molecule has 0 bridgehead atoms. The van der Waals surface area contributed by atoms with Crippen LogP contribution < -0.4 is 5.73 Å². The molecule has 17 heavy (non-hydrogen) atoms. The first-order chi connectivity index (χ1) is 7.85. The number of nitrogens with two attached hydrogens (primary N) is 1. The van der Waals surface area contributed by atoms with Crippen LogP contribution in [-0.2, 0) is 0 Å². The van der Waals surface area contributed by atoms with Gasteiger partial charge in [-0.2, -0.15) is 0 Å². The van der Waals surface area contributed by atoms with Gasteiger partial charge < -0.3 is 5.73 Å². The van der Waals surface area contributed by atoms with Crippen LogP contribution in [0.5, 0.6) is 0 Å². The fourth-order valence-electron chi connectivity index (χ4n) is 3.48. The van der Waals surface area contributed by atoms with Gasteiger partial charge in [0.1, 0.15) is 0 Å². The monoisotopic (exact) mass is 240 g/mol. The molecule has 0 aromatic carbocycles. The number of hydrogen-bond acceptors (Lipinski definition) is 2. The Hall–Kier alpha value is -0.0800. The summed E-state index contributed by atoms with van der Waals surface area (Å²) in [5, 5.41) is 0. The van der Waals surface area contributed by atoms with Gasteiger partial charge in [0.15, 0.2) is 0 Å². The van der Waals surface area contributed by atoms with Crippen LogP contribution in [0.1, 0.15) is 53.9 Å². The van der Waals surface area contributed by atoms with E-state index in [0.29, 0.717) is 12.0 Å². The lowest BCUT2D eigenvalue weighted by Crippen LogP contribution is -2.62. The van der Waals surface area contributed by atoms with E-state index in [1.165, 1.54) is 19.3 Å². The second-order valence-corrected chi connectivity index (χ2v) is 6.69. The quantitative estimate of drug-likeness (QED) is 0.818. The molecule has 1 saturated carbocycles. The van der Waals surface area contributed by atoms with Gasteiger partial charge in [0.2, 0.25) is 0 Å². The molecule has 2 heteroatoms. The molecule has 0 heterocycles. The van der Waals surface area contributed by atoms with Crippen LogP contribution in [-0.4, -0.2) is 30.1 Å². The summed E-state index contributed by atoms with van der Waals surface area (Å²) in [5.41, 5.74) is 6.41. The molecule has 4 atom stereocenters. The Balaban J connectivity index is 2.92. The molecule has 1 aliphatic rings. The fraction of sp³-hybridized carbons (Fsp3) is 1.00. The Labute approximate surface area is 108 Å². The molecular weight excluding hydrogens is 208 g/mol. The first-order valence-corrected chi connectivity index (χ1v) is 7.28. The predicted molar refractivity (Wildman–Crippen MR) is 76.0 cm³/mol. The lowest BCUT2D eigenvalue weighted by Gasteiger charge is -2.53. The minimum absolute atomic E-state index is 0.224. The SMILES string of the molecule is CC1CCC(C)C(CN)(N(C)C(C)C(C)C)C1. The molecule has 0 aromatic heterocycles. The average Bonchev–Trinajstić information content (AvgIpc) is 2.30. The third kappa shape index (κ3) is 2.85. The summed E-state index contributed by atoms with van der Waals surface area (Å²) in [6.07, 6.45) is 3.96. The van der Waals surface area contributed by atoms with Crippen LogP contribution in [0, 0.1) is 17.8 Å². The highest BCUT2D eigenvalue weighted by atomic mass is 15.2. The summed E-state index contributed by atoms with van der Waals surface area (Å²) in [6, 6.07) is 0.603. The molecule has 2 nitrogen and oxygen atoms in total. The summed E-state index contributed by atoms with van der Waals surface area (Å²) < 4.78 is 0. The van der Waals surface area contributed by atoms with Gasteiger partial charge in [-0.25, -0.2) is 0 Å². The zero-order valence-corrected chi connectivity index (χ0v) is 12.7. The topological polar surface area (TPSA) is 29.3 Å². The zero-order chi connectivity index (χ0) is 13.2.